The molecular formula is C20H20F2N2O2. The number of aryl methyl sites for hydroxylation is 1. The van der Waals surface area contributed by atoms with Crippen LogP contribution in [0.4, 0.5) is 20.2 Å². The number of benzene rings is 2. The zero-order chi connectivity index (χ0) is 18.8. The fourth-order valence-electron chi connectivity index (χ4n) is 3.11. The molecule has 3 rings (SSSR count). The molecule has 6 heteroatoms. The lowest BCUT2D eigenvalue weighted by molar-refractivity contribution is -0.119. The molecule has 0 aromatic heterocycles. The SMILES string of the molecule is CC(C)CN1C(=O)CCc2cc(NC(=O)c3c(F)cccc3F)ccc21. The molecule has 0 atom stereocenters. The number of amides is 2. The van der Waals surface area contributed by atoms with Crippen LogP contribution in [0.15, 0.2) is 36.4 Å². The Morgan fingerprint density at radius 3 is 2.50 bits per heavy atom. The molecule has 0 radical (unpaired) electrons. The molecule has 0 bridgehead atoms. The molecule has 0 fully saturated rings. The predicted molar refractivity (Wildman–Crippen MR) is 96.3 cm³/mol. The fraction of sp³-hybridized carbons (Fsp3) is 0.300. The number of halogens is 2. The average Bonchev–Trinajstić information content (AvgIpc) is 2.57. The van der Waals surface area contributed by atoms with Crippen molar-refractivity contribution in [2.75, 3.05) is 16.8 Å². The first-order valence-corrected chi connectivity index (χ1v) is 8.55. The van der Waals surface area contributed by atoms with Crippen LogP contribution < -0.4 is 10.2 Å². The van der Waals surface area contributed by atoms with Gasteiger partial charge in [-0.25, -0.2) is 8.78 Å². The highest BCUT2D eigenvalue weighted by Gasteiger charge is 2.25. The Kier molecular flexibility index (Phi) is 5.02. The maximum Gasteiger partial charge on any atom is 0.261 e. The van der Waals surface area contributed by atoms with Gasteiger partial charge >= 0.3 is 0 Å². The highest BCUT2D eigenvalue weighted by atomic mass is 19.1. The Balaban J connectivity index is 1.85. The van der Waals surface area contributed by atoms with Gasteiger partial charge in [-0.2, -0.15) is 0 Å². The van der Waals surface area contributed by atoms with Crippen molar-refractivity contribution in [2.45, 2.75) is 26.7 Å². The molecule has 0 unspecified atom stereocenters. The van der Waals surface area contributed by atoms with Crippen molar-refractivity contribution in [3.8, 4) is 0 Å². The van der Waals surface area contributed by atoms with Gasteiger partial charge in [0.2, 0.25) is 5.91 Å². The van der Waals surface area contributed by atoms with Gasteiger partial charge in [0, 0.05) is 24.3 Å². The van der Waals surface area contributed by atoms with Crippen molar-refractivity contribution in [1.82, 2.24) is 0 Å². The number of anilines is 2. The number of carbonyl (C=O) groups is 2. The normalized spacial score (nSPS) is 13.7. The summed E-state index contributed by atoms with van der Waals surface area (Å²) >= 11 is 0. The quantitative estimate of drug-likeness (QED) is 0.892. The van der Waals surface area contributed by atoms with Gasteiger partial charge in [-0.05, 0) is 48.2 Å². The second-order valence-corrected chi connectivity index (χ2v) is 6.79. The smallest absolute Gasteiger partial charge is 0.261 e. The van der Waals surface area contributed by atoms with Gasteiger partial charge in [-0.15, -0.1) is 0 Å². The number of carbonyl (C=O) groups excluding carboxylic acids is 2. The van der Waals surface area contributed by atoms with E-state index in [0.717, 1.165) is 23.4 Å². The highest BCUT2D eigenvalue weighted by molar-refractivity contribution is 6.05. The molecule has 1 aliphatic rings. The highest BCUT2D eigenvalue weighted by Crippen LogP contribution is 2.31. The van der Waals surface area contributed by atoms with E-state index in [2.05, 4.69) is 5.32 Å². The molecule has 26 heavy (non-hydrogen) atoms. The standard InChI is InChI=1S/C20H20F2N2O2/c1-12(2)11-24-17-8-7-14(10-13(17)6-9-18(24)25)23-20(26)19-15(21)4-3-5-16(19)22/h3-5,7-8,10,12H,6,9,11H2,1-2H3,(H,23,26). The summed E-state index contributed by atoms with van der Waals surface area (Å²) in [7, 11) is 0. The molecule has 1 N–H and O–H groups in total. The minimum Gasteiger partial charge on any atom is -0.322 e. The summed E-state index contributed by atoms with van der Waals surface area (Å²) in [6, 6.07) is 8.45. The van der Waals surface area contributed by atoms with Crippen LogP contribution in [0.1, 0.15) is 36.2 Å². The Labute approximate surface area is 150 Å². The molecule has 2 aromatic carbocycles. The van der Waals surface area contributed by atoms with Gasteiger partial charge in [0.05, 0.1) is 0 Å². The predicted octanol–water partition coefficient (Wildman–Crippen LogP) is 4.15. The molecule has 136 valence electrons. The first kappa shape index (κ1) is 18.0. The van der Waals surface area contributed by atoms with E-state index in [4.69, 9.17) is 0 Å². The molecule has 0 saturated heterocycles. The Bertz CT molecular complexity index is 845. The van der Waals surface area contributed by atoms with Crippen LogP contribution >= 0.6 is 0 Å². The summed E-state index contributed by atoms with van der Waals surface area (Å²) in [5.41, 5.74) is 1.58. The number of rotatable bonds is 4. The minimum absolute atomic E-state index is 0.0800. The summed E-state index contributed by atoms with van der Waals surface area (Å²) < 4.78 is 27.5. The second kappa shape index (κ2) is 7.23. The van der Waals surface area contributed by atoms with Gasteiger partial charge in [0.1, 0.15) is 17.2 Å². The third-order valence-corrected chi connectivity index (χ3v) is 4.27. The largest absolute Gasteiger partial charge is 0.322 e. The molecule has 2 aromatic rings. The first-order chi connectivity index (χ1) is 12.4. The zero-order valence-corrected chi connectivity index (χ0v) is 14.7. The maximum absolute atomic E-state index is 13.7. The Hall–Kier alpha value is -2.76. The number of hydrogen-bond acceptors (Lipinski definition) is 2. The van der Waals surface area contributed by atoms with Crippen LogP contribution in [0.2, 0.25) is 0 Å². The van der Waals surface area contributed by atoms with Crippen LogP contribution in [-0.4, -0.2) is 18.4 Å². The first-order valence-electron chi connectivity index (χ1n) is 8.55. The lowest BCUT2D eigenvalue weighted by Crippen LogP contribution is -2.37. The maximum atomic E-state index is 13.7. The average molecular weight is 358 g/mol. The monoisotopic (exact) mass is 358 g/mol. The zero-order valence-electron chi connectivity index (χ0n) is 14.7. The van der Waals surface area contributed by atoms with Crippen molar-refractivity contribution >= 4 is 23.2 Å². The molecule has 4 nitrogen and oxygen atoms in total. The van der Waals surface area contributed by atoms with E-state index in [0.29, 0.717) is 31.0 Å². The van der Waals surface area contributed by atoms with Crippen LogP contribution in [0.25, 0.3) is 0 Å². The minimum atomic E-state index is -0.908. The van der Waals surface area contributed by atoms with Gasteiger partial charge in [0.25, 0.3) is 5.91 Å². The third-order valence-electron chi connectivity index (χ3n) is 4.27. The van der Waals surface area contributed by atoms with E-state index in [1.54, 1.807) is 23.1 Å². The molecule has 0 spiro atoms. The van der Waals surface area contributed by atoms with Crippen LogP contribution in [-0.2, 0) is 11.2 Å². The van der Waals surface area contributed by atoms with Gasteiger partial charge in [-0.1, -0.05) is 19.9 Å². The van der Waals surface area contributed by atoms with E-state index in [-0.39, 0.29) is 5.91 Å². The van der Waals surface area contributed by atoms with Crippen LogP contribution in [0.5, 0.6) is 0 Å². The van der Waals surface area contributed by atoms with E-state index in [1.165, 1.54) is 6.07 Å². The number of hydrogen-bond donors (Lipinski definition) is 1. The van der Waals surface area contributed by atoms with Crippen molar-refractivity contribution < 1.29 is 18.4 Å². The lowest BCUT2D eigenvalue weighted by Gasteiger charge is -2.31. The molecule has 0 saturated carbocycles. The number of nitrogens with one attached hydrogen (secondary N) is 1. The van der Waals surface area contributed by atoms with E-state index < -0.39 is 23.1 Å². The van der Waals surface area contributed by atoms with Gasteiger partial charge in [-0.3, -0.25) is 9.59 Å². The van der Waals surface area contributed by atoms with E-state index in [1.807, 2.05) is 13.8 Å². The number of fused-ring (bicyclic) bond motifs is 1. The summed E-state index contributed by atoms with van der Waals surface area (Å²) in [6.45, 7) is 4.70. The molecule has 2 amide bonds. The van der Waals surface area contributed by atoms with Gasteiger partial charge < -0.3 is 10.2 Å². The van der Waals surface area contributed by atoms with E-state index in [9.17, 15) is 18.4 Å². The topological polar surface area (TPSA) is 49.4 Å². The Morgan fingerprint density at radius 2 is 1.85 bits per heavy atom. The third kappa shape index (κ3) is 3.59. The molecule has 0 aliphatic carbocycles. The van der Waals surface area contributed by atoms with Crippen molar-refractivity contribution in [3.05, 3.63) is 59.2 Å². The van der Waals surface area contributed by atoms with Crippen molar-refractivity contribution in [3.63, 3.8) is 0 Å². The summed E-state index contributed by atoms with van der Waals surface area (Å²) in [6.07, 6.45) is 0.972. The van der Waals surface area contributed by atoms with E-state index >= 15 is 0 Å². The summed E-state index contributed by atoms with van der Waals surface area (Å²) in [5, 5.41) is 2.53. The van der Waals surface area contributed by atoms with Crippen LogP contribution in [0, 0.1) is 17.6 Å². The molecule has 1 aliphatic heterocycles. The molecule has 1 heterocycles. The summed E-state index contributed by atoms with van der Waals surface area (Å²) in [4.78, 5) is 26.2. The van der Waals surface area contributed by atoms with Crippen LogP contribution in [0.3, 0.4) is 0 Å². The second-order valence-electron chi connectivity index (χ2n) is 6.79. The fourth-order valence-corrected chi connectivity index (χ4v) is 3.11. The lowest BCUT2D eigenvalue weighted by atomic mass is 9.99. The number of nitrogens with zero attached hydrogens (tertiary/aromatic N) is 1. The Morgan fingerprint density at radius 1 is 1.15 bits per heavy atom. The molecular weight excluding hydrogens is 338 g/mol. The summed E-state index contributed by atoms with van der Waals surface area (Å²) in [5.74, 6) is -2.25. The van der Waals surface area contributed by atoms with Gasteiger partial charge in [0.15, 0.2) is 0 Å². The van der Waals surface area contributed by atoms with Crippen molar-refractivity contribution in [2.24, 2.45) is 5.92 Å². The van der Waals surface area contributed by atoms with Crippen molar-refractivity contribution in [1.29, 1.82) is 0 Å².